The number of hydrogen-bond donors (Lipinski definition) is 2. The molecule has 1 heterocycles. The summed E-state index contributed by atoms with van der Waals surface area (Å²) >= 11 is 4.88. The van der Waals surface area contributed by atoms with Crippen molar-refractivity contribution in [2.45, 2.75) is 0 Å². The van der Waals surface area contributed by atoms with Crippen molar-refractivity contribution in [2.75, 3.05) is 25.1 Å². The van der Waals surface area contributed by atoms with Crippen LogP contribution >= 0.6 is 12.2 Å². The Hall–Kier alpha value is -1.20. The number of likely N-dealkylation sites (N-methyl/N-ethyl adjacent to an activating group) is 1. The summed E-state index contributed by atoms with van der Waals surface area (Å²) in [5.41, 5.74) is 6.97. The summed E-state index contributed by atoms with van der Waals surface area (Å²) in [7, 11) is 1.86. The molecule has 0 amide bonds. The second kappa shape index (κ2) is 4.88. The molecule has 14 heavy (non-hydrogen) atoms. The Morgan fingerprint density at radius 3 is 3.00 bits per heavy atom. The van der Waals surface area contributed by atoms with Crippen molar-refractivity contribution in [1.82, 2.24) is 4.98 Å². The molecule has 1 rings (SSSR count). The second-order valence-corrected chi connectivity index (χ2v) is 3.32. The van der Waals surface area contributed by atoms with Crippen LogP contribution < -0.4 is 10.6 Å². The molecule has 0 aliphatic rings. The van der Waals surface area contributed by atoms with Crippen LogP contribution in [0, 0.1) is 0 Å². The SMILES string of the molecule is CN(CCO)c1cccnc1C(N)=S. The van der Waals surface area contributed by atoms with E-state index in [4.69, 9.17) is 23.1 Å². The molecule has 76 valence electrons. The summed E-state index contributed by atoms with van der Waals surface area (Å²) < 4.78 is 0. The fourth-order valence-corrected chi connectivity index (χ4v) is 1.32. The van der Waals surface area contributed by atoms with Gasteiger partial charge in [0, 0.05) is 19.8 Å². The number of thiocarbonyl (C=S) groups is 1. The summed E-state index contributed by atoms with van der Waals surface area (Å²) in [4.78, 5) is 6.22. The number of aromatic nitrogens is 1. The van der Waals surface area contributed by atoms with Crippen molar-refractivity contribution in [3.05, 3.63) is 24.0 Å². The molecule has 0 fully saturated rings. The quantitative estimate of drug-likeness (QED) is 0.694. The molecule has 0 radical (unpaired) electrons. The van der Waals surface area contributed by atoms with Crippen molar-refractivity contribution in [1.29, 1.82) is 0 Å². The van der Waals surface area contributed by atoms with Gasteiger partial charge in [0.2, 0.25) is 0 Å². The van der Waals surface area contributed by atoms with Gasteiger partial charge in [0.1, 0.15) is 10.7 Å². The summed E-state index contributed by atoms with van der Waals surface area (Å²) in [6.45, 7) is 0.615. The Labute approximate surface area is 88.4 Å². The highest BCUT2D eigenvalue weighted by atomic mass is 32.1. The van der Waals surface area contributed by atoms with Gasteiger partial charge in [-0.3, -0.25) is 4.98 Å². The highest BCUT2D eigenvalue weighted by molar-refractivity contribution is 7.80. The average molecular weight is 211 g/mol. The Bertz CT molecular complexity index is 330. The van der Waals surface area contributed by atoms with Crippen LogP contribution in [0.15, 0.2) is 18.3 Å². The van der Waals surface area contributed by atoms with Gasteiger partial charge in [-0.2, -0.15) is 0 Å². The van der Waals surface area contributed by atoms with Gasteiger partial charge < -0.3 is 15.7 Å². The van der Waals surface area contributed by atoms with Gasteiger partial charge >= 0.3 is 0 Å². The van der Waals surface area contributed by atoms with E-state index in [9.17, 15) is 0 Å². The Morgan fingerprint density at radius 1 is 1.71 bits per heavy atom. The Balaban J connectivity index is 3.00. The first-order chi connectivity index (χ1) is 6.66. The predicted molar refractivity (Wildman–Crippen MR) is 60.5 cm³/mol. The first-order valence-corrected chi connectivity index (χ1v) is 4.64. The molecular weight excluding hydrogens is 198 g/mol. The van der Waals surface area contributed by atoms with Crippen LogP contribution in [0.2, 0.25) is 0 Å². The van der Waals surface area contributed by atoms with Crippen LogP contribution in [0.25, 0.3) is 0 Å². The van der Waals surface area contributed by atoms with Crippen molar-refractivity contribution in [3.63, 3.8) is 0 Å². The largest absolute Gasteiger partial charge is 0.395 e. The number of aliphatic hydroxyl groups is 1. The molecule has 0 saturated heterocycles. The van der Waals surface area contributed by atoms with E-state index < -0.39 is 0 Å². The minimum atomic E-state index is 0.0855. The van der Waals surface area contributed by atoms with E-state index in [1.54, 1.807) is 6.20 Å². The number of nitrogens with zero attached hydrogens (tertiary/aromatic N) is 2. The van der Waals surface area contributed by atoms with Crippen LogP contribution in [0.3, 0.4) is 0 Å². The van der Waals surface area contributed by atoms with Crippen LogP contribution in [-0.2, 0) is 0 Å². The zero-order valence-corrected chi connectivity index (χ0v) is 8.79. The molecule has 0 atom stereocenters. The standard InChI is InChI=1S/C9H13N3OS/c1-12(5-6-13)7-3-2-4-11-8(7)9(10)14/h2-4,13H,5-6H2,1H3,(H2,10,14). The van der Waals surface area contributed by atoms with E-state index in [1.165, 1.54) is 0 Å². The van der Waals surface area contributed by atoms with Crippen molar-refractivity contribution in [3.8, 4) is 0 Å². The molecule has 5 heteroatoms. The number of nitrogens with two attached hydrogens (primary N) is 1. The van der Waals surface area contributed by atoms with E-state index in [2.05, 4.69) is 4.98 Å². The first kappa shape index (κ1) is 10.9. The number of hydrogen-bond acceptors (Lipinski definition) is 4. The highest BCUT2D eigenvalue weighted by Crippen LogP contribution is 2.15. The normalized spacial score (nSPS) is 9.86. The number of anilines is 1. The van der Waals surface area contributed by atoms with Crippen molar-refractivity contribution >= 4 is 22.9 Å². The zero-order valence-electron chi connectivity index (χ0n) is 7.97. The van der Waals surface area contributed by atoms with Crippen LogP contribution in [-0.4, -0.2) is 35.3 Å². The number of rotatable bonds is 4. The summed E-state index contributed by atoms with van der Waals surface area (Å²) in [6, 6.07) is 3.68. The van der Waals surface area contributed by atoms with E-state index in [1.807, 2.05) is 24.1 Å². The van der Waals surface area contributed by atoms with Crippen LogP contribution in [0.1, 0.15) is 5.69 Å². The predicted octanol–water partition coefficient (Wildman–Crippen LogP) is 0.144. The molecule has 3 N–H and O–H groups in total. The minimum Gasteiger partial charge on any atom is -0.395 e. The maximum atomic E-state index is 8.80. The molecule has 0 unspecified atom stereocenters. The smallest absolute Gasteiger partial charge is 0.124 e. The fourth-order valence-electron chi connectivity index (χ4n) is 1.17. The van der Waals surface area contributed by atoms with Gasteiger partial charge in [-0.1, -0.05) is 12.2 Å². The lowest BCUT2D eigenvalue weighted by atomic mass is 10.2. The zero-order chi connectivity index (χ0) is 10.6. The van der Waals surface area contributed by atoms with Gasteiger partial charge in [-0.15, -0.1) is 0 Å². The van der Waals surface area contributed by atoms with E-state index in [-0.39, 0.29) is 11.6 Å². The molecule has 0 bridgehead atoms. The molecule has 4 nitrogen and oxygen atoms in total. The van der Waals surface area contributed by atoms with Gasteiger partial charge in [0.25, 0.3) is 0 Å². The second-order valence-electron chi connectivity index (χ2n) is 2.88. The third-order valence-electron chi connectivity index (χ3n) is 1.87. The average Bonchev–Trinajstić information content (AvgIpc) is 2.18. The molecule has 0 aliphatic carbocycles. The lowest BCUT2D eigenvalue weighted by Gasteiger charge is -2.19. The maximum Gasteiger partial charge on any atom is 0.124 e. The Kier molecular flexibility index (Phi) is 3.79. The lowest BCUT2D eigenvalue weighted by Crippen LogP contribution is -2.25. The molecule has 0 spiro atoms. The molecule has 1 aromatic heterocycles. The molecule has 0 saturated carbocycles. The summed E-state index contributed by atoms with van der Waals surface area (Å²) in [5, 5.41) is 8.80. The topological polar surface area (TPSA) is 62.4 Å². The van der Waals surface area contributed by atoms with Gasteiger partial charge in [0.05, 0.1) is 12.3 Å². The summed E-state index contributed by atoms with van der Waals surface area (Å²) in [5.74, 6) is 0. The van der Waals surface area contributed by atoms with Gasteiger partial charge in [-0.05, 0) is 12.1 Å². The molecular formula is C9H13N3OS. The third-order valence-corrected chi connectivity index (χ3v) is 2.06. The third kappa shape index (κ3) is 2.40. The molecule has 0 aromatic carbocycles. The minimum absolute atomic E-state index is 0.0855. The summed E-state index contributed by atoms with van der Waals surface area (Å²) in [6.07, 6.45) is 1.64. The van der Waals surface area contributed by atoms with E-state index in [0.29, 0.717) is 12.2 Å². The van der Waals surface area contributed by atoms with Gasteiger partial charge in [-0.25, -0.2) is 0 Å². The molecule has 0 aliphatic heterocycles. The van der Waals surface area contributed by atoms with Crippen LogP contribution in [0.5, 0.6) is 0 Å². The monoisotopic (exact) mass is 211 g/mol. The van der Waals surface area contributed by atoms with Gasteiger partial charge in [0.15, 0.2) is 0 Å². The first-order valence-electron chi connectivity index (χ1n) is 4.23. The number of aliphatic hydroxyl groups excluding tert-OH is 1. The molecule has 1 aromatic rings. The maximum absolute atomic E-state index is 8.80. The van der Waals surface area contributed by atoms with Crippen molar-refractivity contribution in [2.24, 2.45) is 5.73 Å². The Morgan fingerprint density at radius 2 is 2.43 bits per heavy atom. The van der Waals surface area contributed by atoms with E-state index >= 15 is 0 Å². The van der Waals surface area contributed by atoms with Crippen LogP contribution in [0.4, 0.5) is 5.69 Å². The highest BCUT2D eigenvalue weighted by Gasteiger charge is 2.09. The number of pyridine rings is 1. The lowest BCUT2D eigenvalue weighted by molar-refractivity contribution is 0.304. The van der Waals surface area contributed by atoms with E-state index in [0.717, 1.165) is 5.69 Å². The fraction of sp³-hybridized carbons (Fsp3) is 0.333. The van der Waals surface area contributed by atoms with Crippen molar-refractivity contribution < 1.29 is 5.11 Å².